The van der Waals surface area contributed by atoms with Gasteiger partial charge in [-0.25, -0.2) is 0 Å². The van der Waals surface area contributed by atoms with Crippen LogP contribution in [0.15, 0.2) is 48.5 Å². The van der Waals surface area contributed by atoms with Crippen molar-refractivity contribution in [2.24, 2.45) is 0 Å². The normalized spacial score (nSPS) is 14.3. The fraction of sp³-hybridized carbons (Fsp3) is 0.440. The van der Waals surface area contributed by atoms with Crippen LogP contribution in [0.3, 0.4) is 0 Å². The largest absolute Gasteiger partial charge is 0.369 e. The smallest absolute Gasteiger partial charge is 0.251 e. The first-order chi connectivity index (χ1) is 15.0. The third kappa shape index (κ3) is 7.10. The third-order valence-electron chi connectivity index (χ3n) is 5.74. The fourth-order valence-corrected chi connectivity index (χ4v) is 3.89. The minimum absolute atomic E-state index is 0.0191. The summed E-state index contributed by atoms with van der Waals surface area (Å²) in [4.78, 5) is 29.1. The number of nitrogens with one attached hydrogen (secondary N) is 2. The zero-order chi connectivity index (χ0) is 22.1. The Bertz CT molecular complexity index is 875. The molecule has 2 N–H and O–H groups in total. The lowest BCUT2D eigenvalue weighted by molar-refractivity contribution is -0.120. The van der Waals surface area contributed by atoms with Gasteiger partial charge in [0.15, 0.2) is 0 Å². The van der Waals surface area contributed by atoms with E-state index in [1.54, 1.807) is 6.07 Å². The van der Waals surface area contributed by atoms with E-state index < -0.39 is 0 Å². The van der Waals surface area contributed by atoms with Crippen molar-refractivity contribution in [3.8, 4) is 0 Å². The molecule has 0 atom stereocenters. The van der Waals surface area contributed by atoms with Gasteiger partial charge in [0.2, 0.25) is 5.91 Å². The number of carbonyl (C=O) groups excluding carboxylic acids is 2. The molecule has 0 radical (unpaired) electrons. The molecule has 2 amide bonds. The molecule has 0 unspecified atom stereocenters. The minimum Gasteiger partial charge on any atom is -0.369 e. The second-order valence-electron chi connectivity index (χ2n) is 8.19. The molecule has 0 spiro atoms. The number of anilines is 1. The first-order valence-electron chi connectivity index (χ1n) is 11.2. The predicted molar refractivity (Wildman–Crippen MR) is 126 cm³/mol. The molecular formula is C25H34N4O2. The van der Waals surface area contributed by atoms with Crippen LogP contribution in [0.4, 0.5) is 5.69 Å². The maximum atomic E-state index is 12.2. The van der Waals surface area contributed by atoms with Crippen molar-refractivity contribution in [1.82, 2.24) is 15.5 Å². The number of hydrogen-bond donors (Lipinski definition) is 2. The van der Waals surface area contributed by atoms with Crippen molar-refractivity contribution in [1.29, 1.82) is 0 Å². The first kappa shape index (κ1) is 22.8. The van der Waals surface area contributed by atoms with Gasteiger partial charge in [0.05, 0.1) is 0 Å². The van der Waals surface area contributed by atoms with E-state index in [-0.39, 0.29) is 11.8 Å². The summed E-state index contributed by atoms with van der Waals surface area (Å²) >= 11 is 0. The lowest BCUT2D eigenvalue weighted by atomic mass is 10.1. The highest BCUT2D eigenvalue weighted by Crippen LogP contribution is 2.17. The van der Waals surface area contributed by atoms with E-state index in [1.807, 2.05) is 25.1 Å². The molecule has 0 aromatic heterocycles. The lowest BCUT2D eigenvalue weighted by Crippen LogP contribution is -2.47. The van der Waals surface area contributed by atoms with Crippen molar-refractivity contribution in [2.75, 3.05) is 50.7 Å². The van der Waals surface area contributed by atoms with Gasteiger partial charge >= 0.3 is 0 Å². The average Bonchev–Trinajstić information content (AvgIpc) is 2.77. The van der Waals surface area contributed by atoms with Crippen molar-refractivity contribution in [3.63, 3.8) is 0 Å². The number of rotatable bonds is 9. The average molecular weight is 423 g/mol. The van der Waals surface area contributed by atoms with E-state index in [4.69, 9.17) is 0 Å². The highest BCUT2D eigenvalue weighted by molar-refractivity contribution is 5.95. The maximum absolute atomic E-state index is 12.2. The second-order valence-corrected chi connectivity index (χ2v) is 8.19. The Morgan fingerprint density at radius 2 is 1.68 bits per heavy atom. The van der Waals surface area contributed by atoms with E-state index in [0.717, 1.165) is 44.7 Å². The lowest BCUT2D eigenvalue weighted by Gasteiger charge is -2.36. The summed E-state index contributed by atoms with van der Waals surface area (Å²) in [6.45, 7) is 10.2. The second kappa shape index (κ2) is 11.5. The molecule has 6 nitrogen and oxygen atoms in total. The van der Waals surface area contributed by atoms with Crippen LogP contribution in [0.2, 0.25) is 0 Å². The molecular weight excluding hydrogens is 388 g/mol. The molecule has 166 valence electrons. The standard InChI is InChI=1S/C25H34N4O2/c1-20-7-5-9-22(19-20)29-17-15-28(16-18-29)14-6-12-26-24(30)11-13-27-25(31)23-10-4-3-8-21(23)2/h3-5,7-10,19H,6,11-18H2,1-2H3,(H,26,30)(H,27,31). The summed E-state index contributed by atoms with van der Waals surface area (Å²) in [6, 6.07) is 16.1. The van der Waals surface area contributed by atoms with Gasteiger partial charge in [0, 0.05) is 56.9 Å². The van der Waals surface area contributed by atoms with Crippen LogP contribution in [0.1, 0.15) is 34.3 Å². The molecule has 0 aliphatic carbocycles. The number of piperazine rings is 1. The summed E-state index contributed by atoms with van der Waals surface area (Å²) in [6.07, 6.45) is 1.23. The summed E-state index contributed by atoms with van der Waals surface area (Å²) in [5.41, 5.74) is 4.20. The van der Waals surface area contributed by atoms with Crippen molar-refractivity contribution >= 4 is 17.5 Å². The number of hydrogen-bond acceptors (Lipinski definition) is 4. The molecule has 1 aliphatic rings. The predicted octanol–water partition coefficient (Wildman–Crippen LogP) is 2.75. The molecule has 2 aromatic carbocycles. The van der Waals surface area contributed by atoms with E-state index in [0.29, 0.717) is 25.1 Å². The Morgan fingerprint density at radius 1 is 0.903 bits per heavy atom. The number of aryl methyl sites for hydroxylation is 2. The zero-order valence-electron chi connectivity index (χ0n) is 18.7. The molecule has 6 heteroatoms. The molecule has 1 saturated heterocycles. The van der Waals surface area contributed by atoms with Gasteiger partial charge in [-0.1, -0.05) is 30.3 Å². The van der Waals surface area contributed by atoms with E-state index in [9.17, 15) is 9.59 Å². The molecule has 1 fully saturated rings. The SMILES string of the molecule is Cc1cccc(N2CCN(CCCNC(=O)CCNC(=O)c3ccccc3C)CC2)c1. The topological polar surface area (TPSA) is 64.7 Å². The number of carbonyl (C=O) groups is 2. The van der Waals surface area contributed by atoms with Crippen LogP contribution < -0.4 is 15.5 Å². The van der Waals surface area contributed by atoms with E-state index in [2.05, 4.69) is 51.6 Å². The fourth-order valence-electron chi connectivity index (χ4n) is 3.89. The third-order valence-corrected chi connectivity index (χ3v) is 5.74. The van der Waals surface area contributed by atoms with Gasteiger partial charge in [-0.05, 0) is 56.1 Å². The van der Waals surface area contributed by atoms with Crippen LogP contribution in [0.25, 0.3) is 0 Å². The minimum atomic E-state index is -0.129. The number of amides is 2. The van der Waals surface area contributed by atoms with Gasteiger partial charge in [-0.15, -0.1) is 0 Å². The Labute approximate surface area is 185 Å². The summed E-state index contributed by atoms with van der Waals surface area (Å²) in [5.74, 6) is -0.148. The van der Waals surface area contributed by atoms with Crippen molar-refractivity contribution in [2.45, 2.75) is 26.7 Å². The van der Waals surface area contributed by atoms with Crippen molar-refractivity contribution in [3.05, 3.63) is 65.2 Å². The molecule has 1 aliphatic heterocycles. The van der Waals surface area contributed by atoms with Gasteiger partial charge < -0.3 is 15.5 Å². The zero-order valence-corrected chi connectivity index (χ0v) is 18.7. The Balaban J connectivity index is 1.25. The van der Waals surface area contributed by atoms with Gasteiger partial charge in [0.25, 0.3) is 5.91 Å². The monoisotopic (exact) mass is 422 g/mol. The van der Waals surface area contributed by atoms with Gasteiger partial charge in [0.1, 0.15) is 0 Å². The quantitative estimate of drug-likeness (QED) is 0.610. The van der Waals surface area contributed by atoms with Crippen LogP contribution in [-0.4, -0.2) is 62.5 Å². The molecule has 31 heavy (non-hydrogen) atoms. The van der Waals surface area contributed by atoms with Gasteiger partial charge in [-0.2, -0.15) is 0 Å². The van der Waals surface area contributed by atoms with E-state index >= 15 is 0 Å². The summed E-state index contributed by atoms with van der Waals surface area (Å²) in [5, 5.41) is 5.78. The molecule has 0 bridgehead atoms. The van der Waals surface area contributed by atoms with Crippen molar-refractivity contribution < 1.29 is 9.59 Å². The number of nitrogens with zero attached hydrogens (tertiary/aromatic N) is 2. The molecule has 0 saturated carbocycles. The Morgan fingerprint density at radius 3 is 2.42 bits per heavy atom. The van der Waals surface area contributed by atoms with E-state index in [1.165, 1.54) is 11.3 Å². The summed E-state index contributed by atoms with van der Waals surface area (Å²) < 4.78 is 0. The maximum Gasteiger partial charge on any atom is 0.251 e. The van der Waals surface area contributed by atoms with Crippen LogP contribution in [0, 0.1) is 13.8 Å². The summed E-state index contributed by atoms with van der Waals surface area (Å²) in [7, 11) is 0. The Kier molecular flexibility index (Phi) is 8.47. The highest BCUT2D eigenvalue weighted by atomic mass is 16.2. The van der Waals surface area contributed by atoms with Crippen LogP contribution in [-0.2, 0) is 4.79 Å². The molecule has 3 rings (SSSR count). The molecule has 2 aromatic rings. The number of benzene rings is 2. The van der Waals surface area contributed by atoms with Crippen LogP contribution >= 0.6 is 0 Å². The first-order valence-corrected chi connectivity index (χ1v) is 11.2. The Hall–Kier alpha value is -2.86. The van der Waals surface area contributed by atoms with Crippen LogP contribution in [0.5, 0.6) is 0 Å². The highest BCUT2D eigenvalue weighted by Gasteiger charge is 2.17. The van der Waals surface area contributed by atoms with Gasteiger partial charge in [-0.3, -0.25) is 14.5 Å². The molecule has 1 heterocycles.